The molecule has 0 spiro atoms. The number of H-pyrrole nitrogens is 1. The lowest BCUT2D eigenvalue weighted by Crippen LogP contribution is -2.09. The van der Waals surface area contributed by atoms with Crippen molar-refractivity contribution in [1.82, 2.24) is 10.2 Å². The van der Waals surface area contributed by atoms with Crippen LogP contribution < -0.4 is 10.9 Å². The Morgan fingerprint density at radius 3 is 2.82 bits per heavy atom. The van der Waals surface area contributed by atoms with Crippen molar-refractivity contribution in [3.63, 3.8) is 0 Å². The number of nitrogens with zero attached hydrogens (tertiary/aromatic N) is 1. The van der Waals surface area contributed by atoms with Crippen molar-refractivity contribution in [2.75, 3.05) is 5.32 Å². The number of aromatic nitrogens is 2. The van der Waals surface area contributed by atoms with Gasteiger partial charge in [-0.05, 0) is 24.3 Å². The van der Waals surface area contributed by atoms with Crippen LogP contribution in [0, 0.1) is 11.6 Å². The third-order valence-electron chi connectivity index (χ3n) is 3.26. The quantitative estimate of drug-likeness (QED) is 0.776. The van der Waals surface area contributed by atoms with Gasteiger partial charge in [-0.3, -0.25) is 4.79 Å². The Morgan fingerprint density at radius 2 is 2.00 bits per heavy atom. The van der Waals surface area contributed by atoms with E-state index in [1.54, 1.807) is 18.2 Å². The fourth-order valence-corrected chi connectivity index (χ4v) is 2.32. The normalized spacial score (nSPS) is 10.9. The molecular weight excluding hydrogens is 312 g/mol. The molecule has 0 unspecified atom stereocenters. The van der Waals surface area contributed by atoms with Crippen LogP contribution in [0.5, 0.6) is 0 Å². The van der Waals surface area contributed by atoms with Gasteiger partial charge < -0.3 is 5.32 Å². The number of halogens is 3. The van der Waals surface area contributed by atoms with Crippen molar-refractivity contribution in [3.05, 3.63) is 69.1 Å². The Hall–Kier alpha value is -2.47. The standard InChI is InChI=1S/C15H10ClF2N3O/c16-14-11-6-9(4-5-10(11)15(22)21-20-14)19-7-8-2-1-3-12(17)13(8)18/h1-6,19H,7H2,(H,21,22). The summed E-state index contributed by atoms with van der Waals surface area (Å²) in [5, 5.41) is 9.98. The summed E-state index contributed by atoms with van der Waals surface area (Å²) in [6.45, 7) is 0.101. The van der Waals surface area contributed by atoms with Crippen LogP contribution in [0.4, 0.5) is 14.5 Å². The second-order valence-electron chi connectivity index (χ2n) is 4.67. The van der Waals surface area contributed by atoms with Crippen molar-refractivity contribution in [3.8, 4) is 0 Å². The maximum Gasteiger partial charge on any atom is 0.272 e. The molecule has 0 atom stereocenters. The minimum Gasteiger partial charge on any atom is -0.381 e. The number of aromatic amines is 1. The Balaban J connectivity index is 1.90. The Bertz CT molecular complexity index is 911. The summed E-state index contributed by atoms with van der Waals surface area (Å²) in [6.07, 6.45) is 0. The van der Waals surface area contributed by atoms with E-state index >= 15 is 0 Å². The summed E-state index contributed by atoms with van der Waals surface area (Å²) in [4.78, 5) is 11.6. The van der Waals surface area contributed by atoms with E-state index in [1.165, 1.54) is 12.1 Å². The molecule has 0 aliphatic heterocycles. The van der Waals surface area contributed by atoms with Crippen molar-refractivity contribution >= 4 is 28.1 Å². The third kappa shape index (κ3) is 2.65. The maximum absolute atomic E-state index is 13.6. The van der Waals surface area contributed by atoms with Gasteiger partial charge in [-0.15, -0.1) is 0 Å². The molecule has 0 saturated heterocycles. The number of hydrogen-bond acceptors (Lipinski definition) is 3. The van der Waals surface area contributed by atoms with E-state index in [-0.39, 0.29) is 22.8 Å². The molecule has 22 heavy (non-hydrogen) atoms. The molecule has 0 aliphatic carbocycles. The van der Waals surface area contributed by atoms with Gasteiger partial charge in [-0.1, -0.05) is 23.7 Å². The number of hydrogen-bond donors (Lipinski definition) is 2. The Labute approximate surface area is 128 Å². The highest BCUT2D eigenvalue weighted by Crippen LogP contribution is 2.22. The van der Waals surface area contributed by atoms with Gasteiger partial charge >= 0.3 is 0 Å². The highest BCUT2D eigenvalue weighted by Gasteiger charge is 2.08. The summed E-state index contributed by atoms with van der Waals surface area (Å²) in [6, 6.07) is 8.88. The molecule has 7 heteroatoms. The highest BCUT2D eigenvalue weighted by molar-refractivity contribution is 6.34. The van der Waals surface area contributed by atoms with Crippen LogP contribution in [0.3, 0.4) is 0 Å². The average Bonchev–Trinajstić information content (AvgIpc) is 2.52. The maximum atomic E-state index is 13.6. The zero-order chi connectivity index (χ0) is 15.7. The first-order valence-corrected chi connectivity index (χ1v) is 6.79. The molecule has 0 aliphatic rings. The predicted molar refractivity (Wildman–Crippen MR) is 81.1 cm³/mol. The molecule has 3 aromatic rings. The molecule has 0 fully saturated rings. The van der Waals surface area contributed by atoms with E-state index in [0.717, 1.165) is 6.07 Å². The molecule has 2 N–H and O–H groups in total. The monoisotopic (exact) mass is 321 g/mol. The predicted octanol–water partition coefficient (Wildman–Crippen LogP) is 3.47. The number of fused-ring (bicyclic) bond motifs is 1. The summed E-state index contributed by atoms with van der Waals surface area (Å²) in [5.41, 5.74) is 0.475. The van der Waals surface area contributed by atoms with Gasteiger partial charge in [0.25, 0.3) is 5.56 Å². The van der Waals surface area contributed by atoms with Crippen LogP contribution in [-0.2, 0) is 6.54 Å². The first-order chi connectivity index (χ1) is 10.6. The largest absolute Gasteiger partial charge is 0.381 e. The lowest BCUT2D eigenvalue weighted by molar-refractivity contribution is 0.500. The zero-order valence-electron chi connectivity index (χ0n) is 11.2. The second kappa shape index (κ2) is 5.73. The van der Waals surface area contributed by atoms with Gasteiger partial charge in [0.2, 0.25) is 0 Å². The molecule has 2 aromatic carbocycles. The lowest BCUT2D eigenvalue weighted by Gasteiger charge is -2.09. The zero-order valence-corrected chi connectivity index (χ0v) is 11.9. The SMILES string of the molecule is O=c1[nH]nc(Cl)c2cc(NCc3cccc(F)c3F)ccc12. The van der Waals surface area contributed by atoms with Gasteiger partial charge in [0.05, 0.1) is 5.39 Å². The van der Waals surface area contributed by atoms with Crippen LogP contribution in [0.2, 0.25) is 5.15 Å². The molecule has 0 radical (unpaired) electrons. The average molecular weight is 322 g/mol. The van der Waals surface area contributed by atoms with Gasteiger partial charge in [0, 0.05) is 23.2 Å². The summed E-state index contributed by atoms with van der Waals surface area (Å²) < 4.78 is 26.7. The van der Waals surface area contributed by atoms with Crippen molar-refractivity contribution in [1.29, 1.82) is 0 Å². The molecule has 0 bridgehead atoms. The number of nitrogens with one attached hydrogen (secondary N) is 2. The van der Waals surface area contributed by atoms with Gasteiger partial charge in [0.1, 0.15) is 0 Å². The van der Waals surface area contributed by atoms with Crippen LogP contribution in [0.15, 0.2) is 41.2 Å². The fourth-order valence-electron chi connectivity index (χ4n) is 2.13. The molecule has 4 nitrogen and oxygen atoms in total. The molecule has 0 amide bonds. The summed E-state index contributed by atoms with van der Waals surface area (Å²) in [5.74, 6) is -1.77. The molecule has 3 rings (SSSR count). The van der Waals surface area contributed by atoms with E-state index in [4.69, 9.17) is 11.6 Å². The summed E-state index contributed by atoms with van der Waals surface area (Å²) in [7, 11) is 0. The second-order valence-corrected chi connectivity index (χ2v) is 5.03. The molecule has 1 aromatic heterocycles. The van der Waals surface area contributed by atoms with E-state index in [0.29, 0.717) is 16.5 Å². The van der Waals surface area contributed by atoms with Crippen LogP contribution in [0.1, 0.15) is 5.56 Å². The van der Waals surface area contributed by atoms with E-state index in [2.05, 4.69) is 15.5 Å². The number of benzene rings is 2. The molecular formula is C15H10ClF2N3O. The smallest absolute Gasteiger partial charge is 0.272 e. The first-order valence-electron chi connectivity index (χ1n) is 6.41. The number of anilines is 1. The Morgan fingerprint density at radius 1 is 1.18 bits per heavy atom. The van der Waals surface area contributed by atoms with Gasteiger partial charge in [-0.25, -0.2) is 13.9 Å². The van der Waals surface area contributed by atoms with Crippen LogP contribution >= 0.6 is 11.6 Å². The Kier molecular flexibility index (Phi) is 3.77. The van der Waals surface area contributed by atoms with E-state index in [9.17, 15) is 13.6 Å². The van der Waals surface area contributed by atoms with Crippen LogP contribution in [-0.4, -0.2) is 10.2 Å². The van der Waals surface area contributed by atoms with E-state index < -0.39 is 11.6 Å². The number of rotatable bonds is 3. The summed E-state index contributed by atoms with van der Waals surface area (Å²) >= 11 is 5.95. The van der Waals surface area contributed by atoms with Crippen molar-refractivity contribution in [2.45, 2.75) is 6.54 Å². The topological polar surface area (TPSA) is 57.8 Å². The minimum atomic E-state index is -0.892. The van der Waals surface area contributed by atoms with E-state index in [1.807, 2.05) is 0 Å². The lowest BCUT2D eigenvalue weighted by atomic mass is 10.1. The van der Waals surface area contributed by atoms with Gasteiger partial charge in [-0.2, -0.15) is 5.10 Å². The van der Waals surface area contributed by atoms with Crippen LogP contribution in [0.25, 0.3) is 10.8 Å². The molecule has 112 valence electrons. The first kappa shape index (κ1) is 14.5. The molecule has 0 saturated carbocycles. The van der Waals surface area contributed by atoms with Crippen molar-refractivity contribution in [2.24, 2.45) is 0 Å². The van der Waals surface area contributed by atoms with Gasteiger partial charge in [0.15, 0.2) is 16.8 Å². The highest BCUT2D eigenvalue weighted by atomic mass is 35.5. The molecule has 1 heterocycles. The fraction of sp³-hybridized carbons (Fsp3) is 0.0667. The third-order valence-corrected chi connectivity index (χ3v) is 3.54. The minimum absolute atomic E-state index is 0.101. The van der Waals surface area contributed by atoms with Crippen molar-refractivity contribution < 1.29 is 8.78 Å².